The predicted octanol–water partition coefficient (Wildman–Crippen LogP) is 2.63. The van der Waals surface area contributed by atoms with Crippen LogP contribution in [0, 0.1) is 11.8 Å². The van der Waals surface area contributed by atoms with Crippen molar-refractivity contribution in [2.75, 3.05) is 11.9 Å². The molecule has 1 aliphatic carbocycles. The van der Waals surface area contributed by atoms with Gasteiger partial charge in [0.15, 0.2) is 0 Å². The van der Waals surface area contributed by atoms with Gasteiger partial charge in [-0.2, -0.15) is 0 Å². The molecule has 0 radical (unpaired) electrons. The molecule has 2 atom stereocenters. The van der Waals surface area contributed by atoms with Crippen molar-refractivity contribution in [3.63, 3.8) is 0 Å². The topological polar surface area (TPSA) is 76.0 Å². The standard InChI is InChI=1S/C17H19ClN4O2/c1-11-8-13(11)17(24)20-5-4-16(23)21-14-9-12(18)2-3-15(14)22-7-6-19-10-22/h2-3,6-7,9-11,13H,4-5,8H2,1H3,(H,20,24)(H,21,23)/t11-,13+/m0/s1. The molecule has 6 nitrogen and oxygen atoms in total. The first-order valence-electron chi connectivity index (χ1n) is 7.90. The van der Waals surface area contributed by atoms with E-state index in [2.05, 4.69) is 15.6 Å². The Kier molecular flexibility index (Phi) is 4.85. The fraction of sp³-hybridized carbons (Fsp3) is 0.353. The third-order valence-corrected chi connectivity index (χ3v) is 4.35. The number of nitrogens with zero attached hydrogens (tertiary/aromatic N) is 2. The maximum Gasteiger partial charge on any atom is 0.226 e. The van der Waals surface area contributed by atoms with Gasteiger partial charge in [0, 0.05) is 36.3 Å². The van der Waals surface area contributed by atoms with Crippen LogP contribution in [0.4, 0.5) is 5.69 Å². The van der Waals surface area contributed by atoms with E-state index in [0.717, 1.165) is 12.1 Å². The molecular formula is C17H19ClN4O2. The first kappa shape index (κ1) is 16.5. The van der Waals surface area contributed by atoms with E-state index in [4.69, 9.17) is 11.6 Å². The molecule has 3 rings (SSSR count). The van der Waals surface area contributed by atoms with E-state index in [-0.39, 0.29) is 24.2 Å². The van der Waals surface area contributed by atoms with Crippen LogP contribution in [-0.4, -0.2) is 27.9 Å². The summed E-state index contributed by atoms with van der Waals surface area (Å²) < 4.78 is 1.79. The summed E-state index contributed by atoms with van der Waals surface area (Å²) >= 11 is 6.03. The smallest absolute Gasteiger partial charge is 0.226 e. The highest BCUT2D eigenvalue weighted by Gasteiger charge is 2.38. The van der Waals surface area contributed by atoms with Crippen LogP contribution >= 0.6 is 11.6 Å². The van der Waals surface area contributed by atoms with E-state index < -0.39 is 0 Å². The lowest BCUT2D eigenvalue weighted by atomic mass is 10.2. The van der Waals surface area contributed by atoms with Crippen molar-refractivity contribution in [1.29, 1.82) is 0 Å². The average Bonchev–Trinajstić information content (AvgIpc) is 3.04. The molecule has 2 amide bonds. The summed E-state index contributed by atoms with van der Waals surface area (Å²) in [6.45, 7) is 2.38. The summed E-state index contributed by atoms with van der Waals surface area (Å²) in [5, 5.41) is 6.18. The van der Waals surface area contributed by atoms with E-state index in [1.165, 1.54) is 0 Å². The molecule has 1 aromatic carbocycles. The quantitative estimate of drug-likeness (QED) is 0.844. The number of carbonyl (C=O) groups is 2. The summed E-state index contributed by atoms with van der Waals surface area (Å²) in [7, 11) is 0. The number of aromatic nitrogens is 2. The molecule has 0 saturated heterocycles. The zero-order valence-corrected chi connectivity index (χ0v) is 14.1. The third kappa shape index (κ3) is 3.94. The minimum absolute atomic E-state index is 0.0390. The predicted molar refractivity (Wildman–Crippen MR) is 92.1 cm³/mol. The molecule has 0 unspecified atom stereocenters. The Hall–Kier alpha value is -2.34. The molecule has 1 fully saturated rings. The second-order valence-corrected chi connectivity index (χ2v) is 6.48. The summed E-state index contributed by atoms with van der Waals surface area (Å²) in [5.74, 6) is 0.441. The van der Waals surface area contributed by atoms with Crippen LogP contribution in [0.5, 0.6) is 0 Å². The zero-order chi connectivity index (χ0) is 17.1. The van der Waals surface area contributed by atoms with Gasteiger partial charge in [0.2, 0.25) is 11.8 Å². The zero-order valence-electron chi connectivity index (χ0n) is 13.3. The lowest BCUT2D eigenvalue weighted by Gasteiger charge is -2.12. The molecule has 2 N–H and O–H groups in total. The van der Waals surface area contributed by atoms with Crippen molar-refractivity contribution >= 4 is 29.1 Å². The Bertz CT molecular complexity index is 745. The molecular weight excluding hydrogens is 328 g/mol. The molecule has 0 aliphatic heterocycles. The van der Waals surface area contributed by atoms with E-state index in [9.17, 15) is 9.59 Å². The lowest BCUT2D eigenvalue weighted by molar-refractivity contribution is -0.122. The third-order valence-electron chi connectivity index (χ3n) is 4.11. The molecule has 24 heavy (non-hydrogen) atoms. The highest BCUT2D eigenvalue weighted by Crippen LogP contribution is 2.37. The number of amides is 2. The van der Waals surface area contributed by atoms with E-state index in [0.29, 0.717) is 23.2 Å². The number of hydrogen-bond acceptors (Lipinski definition) is 3. The van der Waals surface area contributed by atoms with E-state index >= 15 is 0 Å². The fourth-order valence-electron chi connectivity index (χ4n) is 2.57. The molecule has 0 bridgehead atoms. The minimum atomic E-state index is -0.178. The normalized spacial score (nSPS) is 18.9. The van der Waals surface area contributed by atoms with Crippen LogP contribution in [0.1, 0.15) is 19.8 Å². The second kappa shape index (κ2) is 7.05. The number of rotatable bonds is 6. The Morgan fingerprint density at radius 1 is 1.42 bits per heavy atom. The molecule has 1 aromatic heterocycles. The Morgan fingerprint density at radius 3 is 2.88 bits per heavy atom. The molecule has 1 aliphatic rings. The van der Waals surface area contributed by atoms with Gasteiger partial charge in [0.1, 0.15) is 0 Å². The van der Waals surface area contributed by atoms with Gasteiger partial charge >= 0.3 is 0 Å². The van der Waals surface area contributed by atoms with Gasteiger partial charge in [-0.25, -0.2) is 4.98 Å². The SMILES string of the molecule is C[C@H]1C[C@H]1C(=O)NCCC(=O)Nc1cc(Cl)ccc1-n1ccnc1. The lowest BCUT2D eigenvalue weighted by Crippen LogP contribution is -2.29. The highest BCUT2D eigenvalue weighted by molar-refractivity contribution is 6.31. The first-order chi connectivity index (χ1) is 11.5. The van der Waals surface area contributed by atoms with Crippen LogP contribution in [-0.2, 0) is 9.59 Å². The minimum Gasteiger partial charge on any atom is -0.355 e. The summed E-state index contributed by atoms with van der Waals surface area (Å²) in [6, 6.07) is 5.26. The fourth-order valence-corrected chi connectivity index (χ4v) is 2.74. The number of halogens is 1. The summed E-state index contributed by atoms with van der Waals surface area (Å²) in [4.78, 5) is 27.9. The molecule has 126 valence electrons. The Balaban J connectivity index is 1.58. The number of imidazole rings is 1. The Morgan fingerprint density at radius 2 is 2.21 bits per heavy atom. The van der Waals surface area contributed by atoms with Crippen LogP contribution < -0.4 is 10.6 Å². The molecule has 7 heteroatoms. The van der Waals surface area contributed by atoms with Gasteiger partial charge in [-0.1, -0.05) is 18.5 Å². The van der Waals surface area contributed by atoms with E-state index in [1.54, 1.807) is 35.4 Å². The van der Waals surface area contributed by atoms with Gasteiger partial charge in [-0.3, -0.25) is 9.59 Å². The van der Waals surface area contributed by atoms with Gasteiger partial charge in [-0.15, -0.1) is 0 Å². The van der Waals surface area contributed by atoms with Crippen molar-refractivity contribution in [3.05, 3.63) is 41.9 Å². The molecule has 1 heterocycles. The number of hydrogen-bond donors (Lipinski definition) is 2. The number of carbonyl (C=O) groups excluding carboxylic acids is 2. The number of nitrogens with one attached hydrogen (secondary N) is 2. The Labute approximate surface area is 145 Å². The molecule has 2 aromatic rings. The van der Waals surface area contributed by atoms with E-state index in [1.807, 2.05) is 13.0 Å². The summed E-state index contributed by atoms with van der Waals surface area (Å²) in [5.41, 5.74) is 1.38. The second-order valence-electron chi connectivity index (χ2n) is 6.04. The molecule has 1 saturated carbocycles. The average molecular weight is 347 g/mol. The van der Waals surface area contributed by atoms with Crippen molar-refractivity contribution in [2.45, 2.75) is 19.8 Å². The van der Waals surface area contributed by atoms with Crippen molar-refractivity contribution in [1.82, 2.24) is 14.9 Å². The maximum atomic E-state index is 12.1. The van der Waals surface area contributed by atoms with Crippen molar-refractivity contribution in [2.24, 2.45) is 11.8 Å². The number of benzene rings is 1. The van der Waals surface area contributed by atoms with Crippen LogP contribution in [0.25, 0.3) is 5.69 Å². The molecule has 0 spiro atoms. The van der Waals surface area contributed by atoms with Crippen LogP contribution in [0.2, 0.25) is 5.02 Å². The van der Waals surface area contributed by atoms with Gasteiger partial charge in [0.05, 0.1) is 17.7 Å². The number of anilines is 1. The van der Waals surface area contributed by atoms with Crippen molar-refractivity contribution < 1.29 is 9.59 Å². The maximum absolute atomic E-state index is 12.1. The van der Waals surface area contributed by atoms with Crippen LogP contribution in [0.3, 0.4) is 0 Å². The first-order valence-corrected chi connectivity index (χ1v) is 8.28. The van der Waals surface area contributed by atoms with Gasteiger partial charge < -0.3 is 15.2 Å². The van der Waals surface area contributed by atoms with Gasteiger partial charge in [-0.05, 0) is 30.5 Å². The largest absolute Gasteiger partial charge is 0.355 e. The van der Waals surface area contributed by atoms with Crippen LogP contribution in [0.15, 0.2) is 36.9 Å². The van der Waals surface area contributed by atoms with Gasteiger partial charge in [0.25, 0.3) is 0 Å². The summed E-state index contributed by atoms with van der Waals surface area (Å²) in [6.07, 6.45) is 6.25. The monoisotopic (exact) mass is 346 g/mol. The van der Waals surface area contributed by atoms with Crippen molar-refractivity contribution in [3.8, 4) is 5.69 Å². The highest BCUT2D eigenvalue weighted by atomic mass is 35.5.